The van der Waals surface area contributed by atoms with Crippen LogP contribution in [0, 0.1) is 0 Å². The van der Waals surface area contributed by atoms with E-state index in [9.17, 15) is 0 Å². The van der Waals surface area contributed by atoms with Crippen LogP contribution in [-0.4, -0.2) is 13.2 Å². The van der Waals surface area contributed by atoms with Gasteiger partial charge in [-0.05, 0) is 47.7 Å². The molecule has 0 atom stereocenters. The van der Waals surface area contributed by atoms with E-state index < -0.39 is 0 Å². The molecule has 0 bridgehead atoms. The molecule has 104 valence electrons. The molecule has 0 amide bonds. The maximum Gasteiger partial charge on any atom is 0.119 e. The lowest BCUT2D eigenvalue weighted by Crippen LogP contribution is -2.12. The highest BCUT2D eigenvalue weighted by Gasteiger charge is 2.21. The minimum absolute atomic E-state index is 0.283. The molecule has 0 aromatic heterocycles. The first kappa shape index (κ1) is 13.7. The molecule has 2 aromatic rings. The van der Waals surface area contributed by atoms with Gasteiger partial charge in [0.1, 0.15) is 5.75 Å². The summed E-state index contributed by atoms with van der Waals surface area (Å²) in [4.78, 5) is 0. The molecule has 0 heterocycles. The van der Waals surface area contributed by atoms with Crippen LogP contribution in [-0.2, 0) is 24.2 Å². The lowest BCUT2D eigenvalue weighted by molar-refractivity contribution is 0.0475. The fourth-order valence-corrected chi connectivity index (χ4v) is 2.99. The van der Waals surface area contributed by atoms with Gasteiger partial charge in [-0.25, -0.2) is 0 Å². The zero-order chi connectivity index (χ0) is 13.9. The molecule has 0 fully saturated rings. The van der Waals surface area contributed by atoms with Gasteiger partial charge in [0.2, 0.25) is 0 Å². The highest BCUT2D eigenvalue weighted by atomic mass is 79.9. The minimum atomic E-state index is 0.283. The van der Waals surface area contributed by atoms with Crippen molar-refractivity contribution in [1.82, 2.24) is 0 Å². The molecule has 0 radical (unpaired) electrons. The van der Waals surface area contributed by atoms with Gasteiger partial charge < -0.3 is 9.47 Å². The molecular formula is C17H17BrO2. The van der Waals surface area contributed by atoms with Crippen molar-refractivity contribution in [3.63, 3.8) is 0 Å². The fraction of sp³-hybridized carbons (Fsp3) is 0.294. The normalized spacial score (nSPS) is 14.3. The fourth-order valence-electron chi connectivity index (χ4n) is 2.63. The van der Waals surface area contributed by atoms with Gasteiger partial charge in [-0.3, -0.25) is 0 Å². The van der Waals surface area contributed by atoms with Crippen molar-refractivity contribution in [2.24, 2.45) is 0 Å². The number of fused-ring (bicyclic) bond motifs is 1. The molecule has 0 unspecified atom stereocenters. The monoisotopic (exact) mass is 332 g/mol. The summed E-state index contributed by atoms with van der Waals surface area (Å²) >= 11 is 3.56. The third-order valence-electron chi connectivity index (χ3n) is 3.74. The van der Waals surface area contributed by atoms with E-state index in [1.54, 1.807) is 7.11 Å². The zero-order valence-corrected chi connectivity index (χ0v) is 13.0. The molecule has 0 aliphatic heterocycles. The first-order valence-electron chi connectivity index (χ1n) is 6.77. The van der Waals surface area contributed by atoms with Gasteiger partial charge in [0.25, 0.3) is 0 Å². The molecule has 3 heteroatoms. The Kier molecular flexibility index (Phi) is 4.08. The van der Waals surface area contributed by atoms with Crippen molar-refractivity contribution < 1.29 is 9.47 Å². The van der Waals surface area contributed by atoms with E-state index in [4.69, 9.17) is 9.47 Å². The lowest BCUT2D eigenvalue weighted by atomic mass is 10.1. The van der Waals surface area contributed by atoms with Gasteiger partial charge in [0, 0.05) is 4.47 Å². The molecule has 2 nitrogen and oxygen atoms in total. The Balaban J connectivity index is 1.64. The molecule has 0 saturated heterocycles. The Hall–Kier alpha value is -1.32. The smallest absolute Gasteiger partial charge is 0.119 e. The molecular weight excluding hydrogens is 316 g/mol. The molecule has 2 aromatic carbocycles. The van der Waals surface area contributed by atoms with Crippen molar-refractivity contribution >= 4 is 15.9 Å². The van der Waals surface area contributed by atoms with Crippen molar-refractivity contribution in [1.29, 1.82) is 0 Å². The van der Waals surface area contributed by atoms with Crippen molar-refractivity contribution in [3.05, 3.63) is 63.6 Å². The average Bonchev–Trinajstić information content (AvgIpc) is 2.89. The van der Waals surface area contributed by atoms with Crippen LogP contribution in [0.2, 0.25) is 0 Å². The van der Waals surface area contributed by atoms with E-state index in [-0.39, 0.29) is 6.10 Å². The molecule has 0 spiro atoms. The number of ether oxygens (including phenoxy) is 2. The van der Waals surface area contributed by atoms with Crippen molar-refractivity contribution in [3.8, 4) is 5.75 Å². The topological polar surface area (TPSA) is 18.5 Å². The summed E-state index contributed by atoms with van der Waals surface area (Å²) in [7, 11) is 1.68. The molecule has 0 N–H and O–H groups in total. The Morgan fingerprint density at radius 2 is 1.80 bits per heavy atom. The summed E-state index contributed by atoms with van der Waals surface area (Å²) in [5.41, 5.74) is 3.96. The van der Waals surface area contributed by atoms with Crippen LogP contribution in [0.4, 0.5) is 0 Å². The van der Waals surface area contributed by atoms with Crippen LogP contribution < -0.4 is 4.74 Å². The van der Waals surface area contributed by atoms with Crippen molar-refractivity contribution in [2.75, 3.05) is 7.11 Å². The zero-order valence-electron chi connectivity index (χ0n) is 11.4. The Morgan fingerprint density at radius 1 is 1.10 bits per heavy atom. The number of hydrogen-bond donors (Lipinski definition) is 0. The standard InChI is InChI=1S/C17H17BrO2/c1-19-15-6-7-17(18)14(10-15)11-20-16-8-12-4-2-3-5-13(12)9-16/h2-7,10,16H,8-9,11H2,1H3. The van der Waals surface area contributed by atoms with E-state index in [1.165, 1.54) is 11.1 Å². The number of methoxy groups -OCH3 is 1. The number of rotatable bonds is 4. The first-order chi connectivity index (χ1) is 9.76. The van der Waals surface area contributed by atoms with Crippen LogP contribution in [0.15, 0.2) is 46.9 Å². The molecule has 1 aliphatic rings. The van der Waals surface area contributed by atoms with E-state index in [1.807, 2.05) is 18.2 Å². The highest BCUT2D eigenvalue weighted by Crippen LogP contribution is 2.27. The number of benzene rings is 2. The summed E-state index contributed by atoms with van der Waals surface area (Å²) in [6.45, 7) is 0.608. The molecule has 1 aliphatic carbocycles. The quantitative estimate of drug-likeness (QED) is 0.837. The SMILES string of the molecule is COc1ccc(Br)c(COC2Cc3ccccc3C2)c1. The van der Waals surface area contributed by atoms with Gasteiger partial charge >= 0.3 is 0 Å². The first-order valence-corrected chi connectivity index (χ1v) is 7.56. The summed E-state index contributed by atoms with van der Waals surface area (Å²) in [5.74, 6) is 0.863. The number of halogens is 1. The third-order valence-corrected chi connectivity index (χ3v) is 4.51. The lowest BCUT2D eigenvalue weighted by Gasteiger charge is -2.13. The molecule has 3 rings (SSSR count). The third kappa shape index (κ3) is 2.89. The van der Waals surface area contributed by atoms with Crippen LogP contribution in [0.3, 0.4) is 0 Å². The summed E-state index contributed by atoms with van der Waals surface area (Å²) < 4.78 is 12.4. The average molecular weight is 333 g/mol. The van der Waals surface area contributed by atoms with E-state index in [0.29, 0.717) is 6.61 Å². The second kappa shape index (κ2) is 5.98. The number of hydrogen-bond acceptors (Lipinski definition) is 2. The Bertz CT molecular complexity index is 585. The maximum atomic E-state index is 6.07. The summed E-state index contributed by atoms with van der Waals surface area (Å²) in [6.07, 6.45) is 2.31. The largest absolute Gasteiger partial charge is 0.497 e. The highest BCUT2D eigenvalue weighted by molar-refractivity contribution is 9.10. The summed E-state index contributed by atoms with van der Waals surface area (Å²) in [6, 6.07) is 14.5. The van der Waals surface area contributed by atoms with E-state index >= 15 is 0 Å². The van der Waals surface area contributed by atoms with Crippen LogP contribution in [0.25, 0.3) is 0 Å². The molecule has 0 saturated carbocycles. The maximum absolute atomic E-state index is 6.07. The van der Waals surface area contributed by atoms with Gasteiger partial charge in [0.15, 0.2) is 0 Å². The Morgan fingerprint density at radius 3 is 2.45 bits per heavy atom. The van der Waals surface area contributed by atoms with E-state index in [0.717, 1.165) is 28.6 Å². The Labute approximate surface area is 127 Å². The second-order valence-electron chi connectivity index (χ2n) is 5.07. The minimum Gasteiger partial charge on any atom is -0.497 e. The van der Waals surface area contributed by atoms with Crippen molar-refractivity contribution in [2.45, 2.75) is 25.6 Å². The van der Waals surface area contributed by atoms with Gasteiger partial charge in [-0.1, -0.05) is 40.2 Å². The second-order valence-corrected chi connectivity index (χ2v) is 5.92. The van der Waals surface area contributed by atoms with E-state index in [2.05, 4.69) is 40.2 Å². The predicted octanol–water partition coefficient (Wildman–Crippen LogP) is 4.14. The van der Waals surface area contributed by atoms with Crippen LogP contribution in [0.1, 0.15) is 16.7 Å². The predicted molar refractivity (Wildman–Crippen MR) is 83.1 cm³/mol. The van der Waals surface area contributed by atoms with Gasteiger partial charge in [-0.15, -0.1) is 0 Å². The van der Waals surface area contributed by atoms with Gasteiger partial charge in [-0.2, -0.15) is 0 Å². The van der Waals surface area contributed by atoms with Crippen LogP contribution >= 0.6 is 15.9 Å². The van der Waals surface area contributed by atoms with Crippen LogP contribution in [0.5, 0.6) is 5.75 Å². The summed E-state index contributed by atoms with van der Waals surface area (Å²) in [5, 5.41) is 0. The molecule has 20 heavy (non-hydrogen) atoms. The van der Waals surface area contributed by atoms with Gasteiger partial charge in [0.05, 0.1) is 19.8 Å².